The van der Waals surface area contributed by atoms with Crippen LogP contribution in [0.5, 0.6) is 0 Å². The summed E-state index contributed by atoms with van der Waals surface area (Å²) in [5.74, 6) is 1.05. The predicted molar refractivity (Wildman–Crippen MR) is 99.0 cm³/mol. The zero-order valence-corrected chi connectivity index (χ0v) is 15.8. The standard InChI is InChI=1S/C17H27N5O2S/c1-13-20-14(12-25-13)5-6-19-17(18-2)22-9-7-21(8-10-22)16(23)15-4-3-11-24-15/h12,15H,3-11H2,1-2H3,(H,18,19). The molecule has 1 amide bonds. The Kier molecular flexibility index (Phi) is 6.25. The lowest BCUT2D eigenvalue weighted by molar-refractivity contribution is -0.142. The number of aromatic nitrogens is 1. The molecule has 2 fully saturated rings. The van der Waals surface area contributed by atoms with Gasteiger partial charge in [0, 0.05) is 58.2 Å². The molecule has 2 aliphatic rings. The minimum atomic E-state index is -0.217. The molecule has 7 nitrogen and oxygen atoms in total. The maximum Gasteiger partial charge on any atom is 0.251 e. The number of hydrogen-bond acceptors (Lipinski definition) is 5. The Labute approximate surface area is 153 Å². The van der Waals surface area contributed by atoms with Gasteiger partial charge in [-0.05, 0) is 19.8 Å². The van der Waals surface area contributed by atoms with Crippen molar-refractivity contribution in [2.75, 3.05) is 46.4 Å². The molecule has 8 heteroatoms. The van der Waals surface area contributed by atoms with E-state index in [2.05, 4.69) is 25.6 Å². The summed E-state index contributed by atoms with van der Waals surface area (Å²) in [6.45, 7) is 6.60. The molecule has 1 N–H and O–H groups in total. The van der Waals surface area contributed by atoms with Crippen LogP contribution in [-0.4, -0.2) is 79.1 Å². The molecule has 1 atom stereocenters. The number of carbonyl (C=O) groups excluding carboxylic acids is 1. The first-order valence-corrected chi connectivity index (χ1v) is 9.82. The second kappa shape index (κ2) is 8.62. The van der Waals surface area contributed by atoms with Gasteiger partial charge in [-0.25, -0.2) is 4.98 Å². The van der Waals surface area contributed by atoms with Crippen LogP contribution in [-0.2, 0) is 16.0 Å². The number of aryl methyl sites for hydroxylation is 1. The zero-order chi connectivity index (χ0) is 17.6. The van der Waals surface area contributed by atoms with Crippen LogP contribution in [0.4, 0.5) is 0 Å². The van der Waals surface area contributed by atoms with E-state index in [1.54, 1.807) is 18.4 Å². The second-order valence-corrected chi connectivity index (χ2v) is 7.46. The first kappa shape index (κ1) is 18.1. The Morgan fingerprint density at radius 1 is 1.40 bits per heavy atom. The van der Waals surface area contributed by atoms with Gasteiger partial charge in [0.05, 0.1) is 10.7 Å². The number of piperazine rings is 1. The molecule has 2 saturated heterocycles. The molecular formula is C17H27N5O2S. The molecule has 1 aromatic rings. The van der Waals surface area contributed by atoms with Crippen LogP contribution >= 0.6 is 11.3 Å². The van der Waals surface area contributed by atoms with E-state index < -0.39 is 0 Å². The molecule has 3 rings (SSSR count). The molecule has 0 aliphatic carbocycles. The van der Waals surface area contributed by atoms with Gasteiger partial charge >= 0.3 is 0 Å². The molecule has 0 spiro atoms. The van der Waals surface area contributed by atoms with E-state index in [9.17, 15) is 4.79 Å². The number of nitrogens with zero attached hydrogens (tertiary/aromatic N) is 4. The number of amides is 1. The monoisotopic (exact) mass is 365 g/mol. The van der Waals surface area contributed by atoms with E-state index in [-0.39, 0.29) is 12.0 Å². The topological polar surface area (TPSA) is 70.1 Å². The molecule has 1 unspecified atom stereocenters. The summed E-state index contributed by atoms with van der Waals surface area (Å²) in [5.41, 5.74) is 1.12. The van der Waals surface area contributed by atoms with E-state index >= 15 is 0 Å². The fraction of sp³-hybridized carbons (Fsp3) is 0.706. The SMILES string of the molecule is CN=C(NCCc1csc(C)n1)N1CCN(C(=O)C2CCCO2)CC1. The zero-order valence-electron chi connectivity index (χ0n) is 15.0. The van der Waals surface area contributed by atoms with Gasteiger partial charge in [-0.3, -0.25) is 9.79 Å². The van der Waals surface area contributed by atoms with Gasteiger partial charge in [0.2, 0.25) is 0 Å². The summed E-state index contributed by atoms with van der Waals surface area (Å²) < 4.78 is 5.51. The van der Waals surface area contributed by atoms with Gasteiger partial charge in [0.15, 0.2) is 5.96 Å². The summed E-state index contributed by atoms with van der Waals surface area (Å²) >= 11 is 1.68. The van der Waals surface area contributed by atoms with Crippen LogP contribution in [0.25, 0.3) is 0 Å². The van der Waals surface area contributed by atoms with Crippen LogP contribution in [0.2, 0.25) is 0 Å². The molecule has 0 saturated carbocycles. The minimum Gasteiger partial charge on any atom is -0.368 e. The van der Waals surface area contributed by atoms with Crippen molar-refractivity contribution in [2.24, 2.45) is 4.99 Å². The Morgan fingerprint density at radius 3 is 2.76 bits per heavy atom. The Bertz CT molecular complexity index is 604. The Balaban J connectivity index is 1.43. The number of carbonyl (C=O) groups is 1. The third kappa shape index (κ3) is 4.70. The highest BCUT2D eigenvalue weighted by Gasteiger charge is 2.30. The third-order valence-corrected chi connectivity index (χ3v) is 5.46. The molecule has 2 aliphatic heterocycles. The maximum absolute atomic E-state index is 12.4. The van der Waals surface area contributed by atoms with Crippen molar-refractivity contribution in [3.8, 4) is 0 Å². The van der Waals surface area contributed by atoms with Gasteiger partial charge in [-0.1, -0.05) is 0 Å². The number of thiazole rings is 1. The van der Waals surface area contributed by atoms with Crippen LogP contribution in [0, 0.1) is 6.92 Å². The molecule has 138 valence electrons. The highest BCUT2D eigenvalue weighted by atomic mass is 32.1. The number of aliphatic imine (C=N–C) groups is 1. The quantitative estimate of drug-likeness (QED) is 0.634. The Morgan fingerprint density at radius 2 is 2.16 bits per heavy atom. The van der Waals surface area contributed by atoms with E-state index in [4.69, 9.17) is 4.74 Å². The second-order valence-electron chi connectivity index (χ2n) is 6.40. The number of rotatable bonds is 4. The fourth-order valence-electron chi connectivity index (χ4n) is 3.27. The van der Waals surface area contributed by atoms with Crippen LogP contribution < -0.4 is 5.32 Å². The average molecular weight is 366 g/mol. The summed E-state index contributed by atoms with van der Waals surface area (Å²) in [6, 6.07) is 0. The van der Waals surface area contributed by atoms with E-state index in [0.717, 1.165) is 68.6 Å². The molecular weight excluding hydrogens is 338 g/mol. The normalized spacial score (nSPS) is 21.7. The lowest BCUT2D eigenvalue weighted by atomic mass is 10.2. The van der Waals surface area contributed by atoms with E-state index in [1.807, 2.05) is 11.8 Å². The number of nitrogens with one attached hydrogen (secondary N) is 1. The van der Waals surface area contributed by atoms with Crippen molar-refractivity contribution >= 4 is 23.2 Å². The smallest absolute Gasteiger partial charge is 0.251 e. The van der Waals surface area contributed by atoms with Crippen molar-refractivity contribution in [2.45, 2.75) is 32.3 Å². The van der Waals surface area contributed by atoms with Gasteiger partial charge < -0.3 is 19.9 Å². The molecule has 0 aromatic carbocycles. The lowest BCUT2D eigenvalue weighted by Crippen LogP contribution is -2.55. The summed E-state index contributed by atoms with van der Waals surface area (Å²) in [5, 5.41) is 6.62. The van der Waals surface area contributed by atoms with E-state index in [1.165, 1.54) is 0 Å². The van der Waals surface area contributed by atoms with Crippen molar-refractivity contribution in [1.29, 1.82) is 0 Å². The highest BCUT2D eigenvalue weighted by molar-refractivity contribution is 7.09. The van der Waals surface area contributed by atoms with Gasteiger partial charge in [-0.15, -0.1) is 11.3 Å². The average Bonchev–Trinajstić information content (AvgIpc) is 3.30. The largest absolute Gasteiger partial charge is 0.368 e. The number of guanidine groups is 1. The molecule has 0 radical (unpaired) electrons. The first-order valence-electron chi connectivity index (χ1n) is 8.94. The fourth-order valence-corrected chi connectivity index (χ4v) is 3.92. The lowest BCUT2D eigenvalue weighted by Gasteiger charge is -2.37. The van der Waals surface area contributed by atoms with Crippen molar-refractivity contribution in [3.05, 3.63) is 16.1 Å². The molecule has 25 heavy (non-hydrogen) atoms. The number of hydrogen-bond donors (Lipinski definition) is 1. The van der Waals surface area contributed by atoms with Gasteiger partial charge in [0.1, 0.15) is 6.10 Å². The Hall–Kier alpha value is -1.67. The predicted octanol–water partition coefficient (Wildman–Crippen LogP) is 0.893. The van der Waals surface area contributed by atoms with Gasteiger partial charge in [-0.2, -0.15) is 0 Å². The molecule has 0 bridgehead atoms. The van der Waals surface area contributed by atoms with Crippen LogP contribution in [0.1, 0.15) is 23.5 Å². The molecule has 3 heterocycles. The summed E-state index contributed by atoms with van der Waals surface area (Å²) in [6.07, 6.45) is 2.52. The third-order valence-electron chi connectivity index (χ3n) is 4.64. The summed E-state index contributed by atoms with van der Waals surface area (Å²) in [4.78, 5) is 25.4. The molecule has 1 aromatic heterocycles. The number of ether oxygens (including phenoxy) is 1. The van der Waals surface area contributed by atoms with Crippen molar-refractivity contribution in [3.63, 3.8) is 0 Å². The highest BCUT2D eigenvalue weighted by Crippen LogP contribution is 2.16. The summed E-state index contributed by atoms with van der Waals surface area (Å²) in [7, 11) is 1.80. The van der Waals surface area contributed by atoms with Crippen LogP contribution in [0.15, 0.2) is 10.4 Å². The van der Waals surface area contributed by atoms with E-state index in [0.29, 0.717) is 6.61 Å². The van der Waals surface area contributed by atoms with Gasteiger partial charge in [0.25, 0.3) is 5.91 Å². The van der Waals surface area contributed by atoms with Crippen molar-refractivity contribution in [1.82, 2.24) is 20.1 Å². The van der Waals surface area contributed by atoms with Crippen LogP contribution in [0.3, 0.4) is 0 Å². The maximum atomic E-state index is 12.4. The minimum absolute atomic E-state index is 0.152. The first-order chi connectivity index (χ1) is 12.2. The van der Waals surface area contributed by atoms with Crippen molar-refractivity contribution < 1.29 is 9.53 Å².